The zero-order valence-electron chi connectivity index (χ0n) is 17.4. The van der Waals surface area contributed by atoms with Crippen LogP contribution in [-0.2, 0) is 11.8 Å². The van der Waals surface area contributed by atoms with Crippen molar-refractivity contribution < 1.29 is 8.81 Å². The van der Waals surface area contributed by atoms with Gasteiger partial charge in [-0.05, 0) is 59.8 Å². The number of benzene rings is 1. The third-order valence-electron chi connectivity index (χ3n) is 4.61. The highest BCUT2D eigenvalue weighted by atomic mass is 35.5. The Bertz CT molecular complexity index is 1170. The molecule has 0 aliphatic carbocycles. The van der Waals surface area contributed by atoms with Gasteiger partial charge in [0.05, 0.1) is 10.7 Å². The number of aromatic nitrogens is 3. The summed E-state index contributed by atoms with van der Waals surface area (Å²) in [6.45, 7) is 6.40. The molecule has 0 fully saturated rings. The minimum atomic E-state index is -0.305. The molecule has 0 atom stereocenters. The number of oxazole rings is 1. The van der Waals surface area contributed by atoms with Crippen LogP contribution in [0.25, 0.3) is 11.5 Å². The molecule has 0 saturated carbocycles. The first-order valence-corrected chi connectivity index (χ1v) is 11.0. The molecule has 0 aliphatic heterocycles. The Hall–Kier alpha value is -2.70. The van der Waals surface area contributed by atoms with E-state index in [-0.39, 0.29) is 11.2 Å². The van der Waals surface area contributed by atoms with Crippen LogP contribution in [0.5, 0.6) is 0 Å². The summed E-state index contributed by atoms with van der Waals surface area (Å²) >= 11 is 7.32. The first-order chi connectivity index (χ1) is 14.8. The number of pyridine rings is 2. The van der Waals surface area contributed by atoms with Crippen LogP contribution in [-0.4, -0.2) is 15.0 Å². The lowest BCUT2D eigenvalue weighted by atomic mass is 9.91. The Morgan fingerprint density at radius 3 is 2.35 bits per heavy atom. The van der Waals surface area contributed by atoms with Crippen molar-refractivity contribution >= 4 is 23.4 Å². The van der Waals surface area contributed by atoms with Gasteiger partial charge in [0.2, 0.25) is 5.89 Å². The van der Waals surface area contributed by atoms with Crippen LogP contribution in [0.1, 0.15) is 37.7 Å². The van der Waals surface area contributed by atoms with Crippen molar-refractivity contribution in [1.29, 1.82) is 0 Å². The third kappa shape index (κ3) is 5.32. The molecule has 0 bridgehead atoms. The number of nitrogens with zero attached hydrogens (tertiary/aromatic N) is 3. The molecule has 0 spiro atoms. The number of hydrogen-bond acceptors (Lipinski definition) is 5. The third-order valence-corrected chi connectivity index (χ3v) is 5.79. The van der Waals surface area contributed by atoms with E-state index in [0.29, 0.717) is 28.0 Å². The van der Waals surface area contributed by atoms with Crippen LogP contribution in [0.3, 0.4) is 0 Å². The van der Waals surface area contributed by atoms with E-state index < -0.39 is 0 Å². The van der Waals surface area contributed by atoms with Crippen LogP contribution in [0.4, 0.5) is 4.39 Å². The van der Waals surface area contributed by atoms with E-state index in [0.717, 1.165) is 22.0 Å². The summed E-state index contributed by atoms with van der Waals surface area (Å²) in [6.07, 6.45) is 4.02. The molecular formula is C24H21ClFN3OS. The molecular weight excluding hydrogens is 433 g/mol. The van der Waals surface area contributed by atoms with E-state index in [1.165, 1.54) is 23.9 Å². The standard InChI is InChI=1S/C24H21ClFN3OS/c1-24(2,3)20-10-4-15(13-27-20)12-19-23(31-21-11-7-17(25)14-28-21)30-22(29-19)16-5-8-18(26)9-6-16/h4-11,13-14H,12H2,1-3H3. The Labute approximate surface area is 189 Å². The second-order valence-electron chi connectivity index (χ2n) is 8.16. The normalized spacial score (nSPS) is 11.6. The Morgan fingerprint density at radius 2 is 1.74 bits per heavy atom. The zero-order valence-corrected chi connectivity index (χ0v) is 19.0. The second-order valence-corrected chi connectivity index (χ2v) is 9.58. The smallest absolute Gasteiger partial charge is 0.227 e. The average molecular weight is 454 g/mol. The van der Waals surface area contributed by atoms with E-state index in [2.05, 4.69) is 36.8 Å². The van der Waals surface area contributed by atoms with Gasteiger partial charge in [-0.2, -0.15) is 0 Å². The maximum Gasteiger partial charge on any atom is 0.227 e. The highest BCUT2D eigenvalue weighted by Gasteiger charge is 2.19. The van der Waals surface area contributed by atoms with Crippen molar-refractivity contribution in [1.82, 2.24) is 15.0 Å². The topological polar surface area (TPSA) is 51.8 Å². The fourth-order valence-electron chi connectivity index (χ4n) is 2.93. The highest BCUT2D eigenvalue weighted by Crippen LogP contribution is 2.35. The number of rotatable bonds is 5. The van der Waals surface area contributed by atoms with Crippen molar-refractivity contribution in [2.45, 2.75) is 42.7 Å². The van der Waals surface area contributed by atoms with E-state index in [1.54, 1.807) is 24.4 Å². The Balaban J connectivity index is 1.66. The number of hydrogen-bond donors (Lipinski definition) is 0. The minimum absolute atomic E-state index is 0.0105. The van der Waals surface area contributed by atoms with Crippen LogP contribution >= 0.6 is 23.4 Å². The summed E-state index contributed by atoms with van der Waals surface area (Å²) in [5, 5.41) is 1.95. The molecule has 0 unspecified atom stereocenters. The summed E-state index contributed by atoms with van der Waals surface area (Å²) in [4.78, 5) is 13.6. The first-order valence-electron chi connectivity index (χ1n) is 9.78. The summed E-state index contributed by atoms with van der Waals surface area (Å²) < 4.78 is 19.4. The molecule has 3 heterocycles. The van der Waals surface area contributed by atoms with Crippen LogP contribution < -0.4 is 0 Å². The monoisotopic (exact) mass is 453 g/mol. The molecule has 0 N–H and O–H groups in total. The summed E-state index contributed by atoms with van der Waals surface area (Å²) in [5.41, 5.74) is 3.52. The summed E-state index contributed by atoms with van der Waals surface area (Å²) in [7, 11) is 0. The number of halogens is 2. The first kappa shape index (κ1) is 21.5. The molecule has 31 heavy (non-hydrogen) atoms. The Morgan fingerprint density at radius 1 is 0.968 bits per heavy atom. The zero-order chi connectivity index (χ0) is 22.0. The van der Waals surface area contributed by atoms with Crippen LogP contribution in [0.2, 0.25) is 5.02 Å². The molecule has 3 aromatic heterocycles. The van der Waals surface area contributed by atoms with Gasteiger partial charge < -0.3 is 4.42 Å². The molecule has 1 aromatic carbocycles. The maximum atomic E-state index is 13.3. The van der Waals surface area contributed by atoms with Crippen molar-refractivity contribution in [2.75, 3.05) is 0 Å². The van der Waals surface area contributed by atoms with Crippen molar-refractivity contribution in [3.63, 3.8) is 0 Å². The predicted octanol–water partition coefficient (Wildman–Crippen LogP) is 6.96. The second kappa shape index (κ2) is 8.81. The van der Waals surface area contributed by atoms with Crippen molar-refractivity contribution in [3.05, 3.63) is 88.7 Å². The van der Waals surface area contributed by atoms with Gasteiger partial charge >= 0.3 is 0 Å². The van der Waals surface area contributed by atoms with Gasteiger partial charge in [-0.15, -0.1) is 0 Å². The quantitative estimate of drug-likeness (QED) is 0.326. The van der Waals surface area contributed by atoms with Gasteiger partial charge in [-0.3, -0.25) is 4.98 Å². The minimum Gasteiger partial charge on any atom is -0.429 e. The fourth-order valence-corrected chi connectivity index (χ4v) is 3.83. The van der Waals surface area contributed by atoms with Gasteiger partial charge in [-0.25, -0.2) is 14.4 Å². The molecule has 4 rings (SSSR count). The molecule has 7 heteroatoms. The lowest BCUT2D eigenvalue weighted by Gasteiger charge is -2.17. The molecule has 4 nitrogen and oxygen atoms in total. The lowest BCUT2D eigenvalue weighted by molar-refractivity contribution is 0.479. The summed E-state index contributed by atoms with van der Waals surface area (Å²) in [6, 6.07) is 13.8. The predicted molar refractivity (Wildman–Crippen MR) is 121 cm³/mol. The van der Waals surface area contributed by atoms with Crippen molar-refractivity contribution in [2.24, 2.45) is 0 Å². The largest absolute Gasteiger partial charge is 0.429 e. The highest BCUT2D eigenvalue weighted by molar-refractivity contribution is 7.99. The van der Waals surface area contributed by atoms with Crippen LogP contribution in [0, 0.1) is 5.82 Å². The van der Waals surface area contributed by atoms with E-state index in [4.69, 9.17) is 21.0 Å². The fraction of sp³-hybridized carbons (Fsp3) is 0.208. The van der Waals surface area contributed by atoms with Gasteiger partial charge in [0.15, 0.2) is 5.09 Å². The van der Waals surface area contributed by atoms with Gasteiger partial charge in [0.1, 0.15) is 10.8 Å². The molecule has 0 radical (unpaired) electrons. The van der Waals surface area contributed by atoms with E-state index in [1.807, 2.05) is 18.3 Å². The molecule has 0 aliphatic rings. The van der Waals surface area contributed by atoms with Gasteiger partial charge in [0, 0.05) is 35.5 Å². The van der Waals surface area contributed by atoms with Gasteiger partial charge in [-0.1, -0.05) is 38.4 Å². The van der Waals surface area contributed by atoms with Crippen LogP contribution in [0.15, 0.2) is 75.5 Å². The lowest BCUT2D eigenvalue weighted by Crippen LogP contribution is -2.13. The molecule has 0 saturated heterocycles. The molecule has 0 amide bonds. The van der Waals surface area contributed by atoms with Gasteiger partial charge in [0.25, 0.3) is 0 Å². The molecule has 4 aromatic rings. The summed E-state index contributed by atoms with van der Waals surface area (Å²) in [5.74, 6) is 0.131. The van der Waals surface area contributed by atoms with Crippen molar-refractivity contribution in [3.8, 4) is 11.5 Å². The average Bonchev–Trinajstić information content (AvgIpc) is 3.12. The van der Waals surface area contributed by atoms with E-state index >= 15 is 0 Å². The molecule has 158 valence electrons. The SMILES string of the molecule is CC(C)(C)c1ccc(Cc2nc(-c3ccc(F)cc3)oc2Sc2ccc(Cl)cn2)cn1. The Kier molecular flexibility index (Phi) is 6.12. The maximum absolute atomic E-state index is 13.3. The van der Waals surface area contributed by atoms with E-state index in [9.17, 15) is 4.39 Å².